The van der Waals surface area contributed by atoms with Gasteiger partial charge in [0.15, 0.2) is 0 Å². The van der Waals surface area contributed by atoms with Crippen LogP contribution in [0.3, 0.4) is 0 Å². The first kappa shape index (κ1) is 69.5. The topological polar surface area (TPSA) is 185 Å². The number of hydrogen-bond donors (Lipinski definition) is 0. The lowest BCUT2D eigenvalue weighted by Gasteiger charge is -2.23. The Kier molecular flexibility index (Phi) is 20.5. The lowest BCUT2D eigenvalue weighted by Crippen LogP contribution is -2.01. The van der Waals surface area contributed by atoms with Crippen LogP contribution in [-0.4, -0.2) is 142 Å². The van der Waals surface area contributed by atoms with Crippen molar-refractivity contribution in [3.8, 4) is 226 Å². The Morgan fingerprint density at radius 3 is 0.160 bits per heavy atom. The summed E-state index contributed by atoms with van der Waals surface area (Å²) in [5.41, 5.74) is 12.6. The molecule has 28 aliphatic carbocycles. The zero-order valence-corrected chi connectivity index (χ0v) is 59.7. The second-order valence-electron chi connectivity index (χ2n) is 22.5. The molecule has 100 heavy (non-hydrogen) atoms. The third kappa shape index (κ3) is 12.0. The van der Waals surface area contributed by atoms with Gasteiger partial charge in [0.1, 0.15) is 115 Å². The molecule has 0 radical (unpaired) electrons. The molecule has 20 heteroatoms. The number of benzene rings is 10. The molecular weight excluding hydrogens is 1280 g/mol. The van der Waals surface area contributed by atoms with Gasteiger partial charge in [0.25, 0.3) is 0 Å². The molecule has 0 heterocycles. The molecule has 20 nitrogen and oxygen atoms in total. The maximum Gasteiger partial charge on any atom is 0.127 e. The van der Waals surface area contributed by atoms with Crippen LogP contribution in [-0.2, 0) is 0 Å². The monoisotopic (exact) mass is 1360 g/mol. The van der Waals surface area contributed by atoms with Crippen LogP contribution in [0.4, 0.5) is 0 Å². The van der Waals surface area contributed by atoms with Crippen molar-refractivity contribution >= 4 is 0 Å². The summed E-state index contributed by atoms with van der Waals surface area (Å²) in [7, 11) is 32.0. The van der Waals surface area contributed by atoms with Crippen molar-refractivity contribution < 1.29 is 94.7 Å². The lowest BCUT2D eigenvalue weighted by molar-refractivity contribution is 0.396. The summed E-state index contributed by atoms with van der Waals surface area (Å²) in [4.78, 5) is 0. The fourth-order valence-electron chi connectivity index (χ4n) is 13.2. The van der Waals surface area contributed by atoms with Crippen molar-refractivity contribution in [2.24, 2.45) is 0 Å². The Labute approximate surface area is 582 Å². The minimum Gasteiger partial charge on any atom is -0.496 e. The van der Waals surface area contributed by atoms with Crippen LogP contribution in [0.15, 0.2) is 121 Å². The van der Waals surface area contributed by atoms with Crippen molar-refractivity contribution in [2.75, 3.05) is 142 Å². The quantitative estimate of drug-likeness (QED) is 0.0701. The minimum atomic E-state index is 0.475. The molecule has 0 aliphatic heterocycles. The normalized spacial score (nSPS) is 11.0. The van der Waals surface area contributed by atoms with Crippen LogP contribution in [0.2, 0.25) is 0 Å². The predicted molar refractivity (Wildman–Crippen MR) is 385 cm³/mol. The van der Waals surface area contributed by atoms with Gasteiger partial charge in [-0.05, 0) is 121 Å². The summed E-state index contributed by atoms with van der Waals surface area (Å²) in [5, 5.41) is 0. The number of hydrogen-bond acceptors (Lipinski definition) is 20. The average molecular weight is 1360 g/mol. The van der Waals surface area contributed by atoms with E-state index in [2.05, 4.69) is 0 Å². The molecule has 0 aromatic heterocycles. The van der Waals surface area contributed by atoms with Gasteiger partial charge in [-0.3, -0.25) is 0 Å². The Morgan fingerprint density at radius 2 is 0.130 bits per heavy atom. The SMILES string of the molecule is COc1cc2c(OC)cc1-c1cc(OC)c(cc1OC)-c1cc(OC)c(cc1OC)-c1cc(OC)c(cc1OC)-c1cc(OC)c(cc1OC)-c1cc(OC)c(cc1OC)-c1cc(OC)c(cc1OC)-c1cc(OC)c(cc1OC)-c1cc(OC)c(cc1OC)-c1cc(OC)c-2cc1OC. The number of methoxy groups -OCH3 is 20. The summed E-state index contributed by atoms with van der Waals surface area (Å²) in [6, 6.07) is 37.7. The van der Waals surface area contributed by atoms with Crippen LogP contribution in [0.5, 0.6) is 115 Å². The van der Waals surface area contributed by atoms with E-state index in [-0.39, 0.29) is 0 Å². The van der Waals surface area contributed by atoms with E-state index >= 15 is 0 Å². The maximum atomic E-state index is 6.25. The third-order valence-electron chi connectivity index (χ3n) is 18.1. The number of rotatable bonds is 20. The van der Waals surface area contributed by atoms with Crippen LogP contribution in [0.25, 0.3) is 111 Å². The molecule has 38 rings (SSSR count). The van der Waals surface area contributed by atoms with Crippen LogP contribution < -0.4 is 94.7 Å². The van der Waals surface area contributed by atoms with E-state index in [1.165, 1.54) is 0 Å². The highest BCUT2D eigenvalue weighted by Crippen LogP contribution is 2.58. The summed E-state index contributed by atoms with van der Waals surface area (Å²) >= 11 is 0. The Hall–Kier alpha value is -11.8. The molecule has 20 bridgehead atoms. The summed E-state index contributed by atoms with van der Waals surface area (Å²) in [6.07, 6.45) is 0. The van der Waals surface area contributed by atoms with Gasteiger partial charge >= 0.3 is 0 Å². The molecule has 0 saturated heterocycles. The molecule has 0 saturated carbocycles. The van der Waals surface area contributed by atoms with E-state index in [0.717, 1.165) is 0 Å². The van der Waals surface area contributed by atoms with Gasteiger partial charge in [0, 0.05) is 111 Å². The molecule has 10 aromatic rings. The second kappa shape index (κ2) is 29.5. The Morgan fingerprint density at radius 1 is 0.0900 bits per heavy atom. The van der Waals surface area contributed by atoms with Gasteiger partial charge in [0.05, 0.1) is 142 Å². The van der Waals surface area contributed by atoms with E-state index in [4.69, 9.17) is 94.7 Å². The fraction of sp³-hybridized carbons (Fsp3) is 0.250. The smallest absolute Gasteiger partial charge is 0.127 e. The molecule has 0 unspecified atom stereocenters. The highest BCUT2D eigenvalue weighted by molar-refractivity contribution is 5.97. The van der Waals surface area contributed by atoms with E-state index in [9.17, 15) is 0 Å². The van der Waals surface area contributed by atoms with Crippen LogP contribution >= 0.6 is 0 Å². The van der Waals surface area contributed by atoms with Crippen molar-refractivity contribution in [1.29, 1.82) is 0 Å². The minimum absolute atomic E-state index is 0.475. The molecule has 520 valence electrons. The molecule has 0 N–H and O–H groups in total. The summed E-state index contributed by atoms with van der Waals surface area (Å²) < 4.78 is 125. The highest BCUT2D eigenvalue weighted by atomic mass is 16.5. The van der Waals surface area contributed by atoms with E-state index < -0.39 is 0 Å². The molecule has 28 aliphatic rings. The molecule has 0 amide bonds. The molecule has 0 fully saturated rings. The standard InChI is InChI=1S/C80H80O20/c1-81-61-21-42-44-24-66(86-6)46(26-65(44)85-5)48-28-70(90-10)50(30-69(48)89-9)52-32-74(94-14)54(34-73(52)93-13)56-36-78(98-18)58(38-77(56)97-17)60-40-79(99-19)59(39-80(60)100-20)57-37-75(95-15)55(35-76(57)96-16)53-33-71(91-11)51(31-72(53)92-12)49-29-67(87-7)47(27-68(49)88-8)45-25-63(83-3)43(23-64(45)84-4)41(61)22-62(42)82-2/h21-40H,1-20H3. The third-order valence-corrected chi connectivity index (χ3v) is 18.1. The van der Waals surface area contributed by atoms with Gasteiger partial charge < -0.3 is 94.7 Å². The second-order valence-corrected chi connectivity index (χ2v) is 22.5. The average Bonchev–Trinajstić information content (AvgIpc) is 0.761. The van der Waals surface area contributed by atoms with Gasteiger partial charge in [-0.25, -0.2) is 0 Å². The molecule has 0 atom stereocenters. The van der Waals surface area contributed by atoms with E-state index in [1.807, 2.05) is 121 Å². The van der Waals surface area contributed by atoms with E-state index in [0.29, 0.717) is 226 Å². The first-order valence-corrected chi connectivity index (χ1v) is 31.3. The predicted octanol–water partition coefficient (Wildman–Crippen LogP) is 16.8. The van der Waals surface area contributed by atoms with Crippen LogP contribution in [0.1, 0.15) is 0 Å². The van der Waals surface area contributed by atoms with Crippen molar-refractivity contribution in [2.45, 2.75) is 0 Å². The van der Waals surface area contributed by atoms with Gasteiger partial charge in [0.2, 0.25) is 0 Å². The lowest BCUT2D eigenvalue weighted by atomic mass is 9.90. The van der Waals surface area contributed by atoms with Crippen molar-refractivity contribution in [3.63, 3.8) is 0 Å². The van der Waals surface area contributed by atoms with Crippen molar-refractivity contribution in [1.82, 2.24) is 0 Å². The zero-order chi connectivity index (χ0) is 71.4. The van der Waals surface area contributed by atoms with Crippen LogP contribution in [0, 0.1) is 0 Å². The summed E-state index contributed by atoms with van der Waals surface area (Å²) in [6.45, 7) is 0. The van der Waals surface area contributed by atoms with Crippen molar-refractivity contribution in [3.05, 3.63) is 121 Å². The van der Waals surface area contributed by atoms with Gasteiger partial charge in [-0.15, -0.1) is 0 Å². The van der Waals surface area contributed by atoms with Gasteiger partial charge in [-0.1, -0.05) is 0 Å². The number of ether oxygens (including phenoxy) is 20. The fourth-order valence-corrected chi connectivity index (χ4v) is 13.2. The Bertz CT molecular complexity index is 3480. The molecular formula is C80H80O20. The molecule has 0 spiro atoms. The largest absolute Gasteiger partial charge is 0.496 e. The summed E-state index contributed by atoms with van der Waals surface area (Å²) in [5.74, 6) is 9.50. The highest BCUT2D eigenvalue weighted by Gasteiger charge is 2.31. The zero-order valence-electron chi connectivity index (χ0n) is 59.7. The Balaban J connectivity index is 1.19. The maximum absolute atomic E-state index is 6.25. The first-order chi connectivity index (χ1) is 48.6. The van der Waals surface area contributed by atoms with E-state index in [1.54, 1.807) is 142 Å². The first-order valence-electron chi connectivity index (χ1n) is 31.3. The molecule has 10 aromatic carbocycles. The van der Waals surface area contributed by atoms with Gasteiger partial charge in [-0.2, -0.15) is 0 Å².